The number of carbonyl (C=O) groups excluding carboxylic acids is 1. The van der Waals surface area contributed by atoms with E-state index in [-0.39, 0.29) is 22.8 Å². The van der Waals surface area contributed by atoms with Crippen LogP contribution in [0.3, 0.4) is 0 Å². The molecule has 0 N–H and O–H groups in total. The Morgan fingerprint density at radius 1 is 1.24 bits per heavy atom. The Kier molecular flexibility index (Phi) is 7.42. The molecule has 0 spiro atoms. The first-order chi connectivity index (χ1) is 16.3. The predicted molar refractivity (Wildman–Crippen MR) is 124 cm³/mol. The molecule has 3 heterocycles. The molecule has 0 saturated carbocycles. The van der Waals surface area contributed by atoms with Gasteiger partial charge in [0.05, 0.1) is 22.8 Å². The maximum Gasteiger partial charge on any atom is 0.409 e. The fourth-order valence-electron chi connectivity index (χ4n) is 4.06. The maximum absolute atomic E-state index is 14.8. The van der Waals surface area contributed by atoms with Gasteiger partial charge >= 0.3 is 6.09 Å². The molecular weight excluding hydrogens is 487 g/mol. The number of alkyl halides is 1. The van der Waals surface area contributed by atoms with Gasteiger partial charge < -0.3 is 19.3 Å². The van der Waals surface area contributed by atoms with Crippen molar-refractivity contribution in [1.82, 2.24) is 14.9 Å². The summed E-state index contributed by atoms with van der Waals surface area (Å²) in [4.78, 5) is 24.0. The van der Waals surface area contributed by atoms with E-state index in [2.05, 4.69) is 9.97 Å². The fraction of sp³-hybridized carbons (Fsp3) is 0.500. The molecule has 1 saturated heterocycles. The van der Waals surface area contributed by atoms with Gasteiger partial charge in [-0.05, 0) is 31.0 Å². The Morgan fingerprint density at radius 3 is 2.68 bits per heavy atom. The summed E-state index contributed by atoms with van der Waals surface area (Å²) in [7, 11) is -3.51. The number of fused-ring (bicyclic) bond motifs is 1. The first-order valence-electron chi connectivity index (χ1n) is 11.0. The number of benzene rings is 1. The molecule has 1 aromatic heterocycles. The second-order valence-corrected chi connectivity index (χ2v) is 10.6. The van der Waals surface area contributed by atoms with Gasteiger partial charge in [0.25, 0.3) is 0 Å². The normalized spacial score (nSPS) is 16.4. The van der Waals surface area contributed by atoms with Crippen LogP contribution in [0.25, 0.3) is 0 Å². The quantitative estimate of drug-likeness (QED) is 0.411. The van der Waals surface area contributed by atoms with Crippen LogP contribution in [0.2, 0.25) is 0 Å². The molecule has 2 aromatic rings. The zero-order valence-electron chi connectivity index (χ0n) is 18.7. The summed E-state index contributed by atoms with van der Waals surface area (Å²) in [6, 6.07) is 3.86. The summed E-state index contributed by atoms with van der Waals surface area (Å²) in [6.07, 6.45) is 4.40. The molecule has 2 aliphatic heterocycles. The van der Waals surface area contributed by atoms with E-state index < -0.39 is 15.7 Å². The lowest BCUT2D eigenvalue weighted by atomic mass is 10.1. The molecule has 0 radical (unpaired) electrons. The minimum Gasteiger partial charge on any atom is -0.474 e. The molecule has 0 aliphatic carbocycles. The highest BCUT2D eigenvalue weighted by Crippen LogP contribution is 2.38. The first-order valence-corrected chi connectivity index (χ1v) is 13.5. The Hall–Kier alpha value is -2.66. The van der Waals surface area contributed by atoms with Crippen molar-refractivity contribution in [1.29, 1.82) is 0 Å². The highest BCUT2D eigenvalue weighted by Gasteiger charge is 2.31. The Balaban J connectivity index is 1.42. The van der Waals surface area contributed by atoms with E-state index in [9.17, 15) is 17.6 Å². The van der Waals surface area contributed by atoms with Crippen molar-refractivity contribution >= 4 is 39.0 Å². The van der Waals surface area contributed by atoms with Crippen LogP contribution in [-0.4, -0.2) is 73.9 Å². The molecular formula is C22H26ClFN4O5S. The third kappa shape index (κ3) is 5.35. The van der Waals surface area contributed by atoms with E-state index in [1.165, 1.54) is 18.5 Å². The van der Waals surface area contributed by atoms with Crippen LogP contribution in [-0.2, 0) is 21.0 Å². The number of amides is 1. The average molecular weight is 513 g/mol. The van der Waals surface area contributed by atoms with Crippen molar-refractivity contribution in [2.75, 3.05) is 43.3 Å². The van der Waals surface area contributed by atoms with Gasteiger partial charge in [0.15, 0.2) is 9.84 Å². The van der Waals surface area contributed by atoms with Crippen molar-refractivity contribution < 1.29 is 27.1 Å². The van der Waals surface area contributed by atoms with E-state index in [0.717, 1.165) is 17.9 Å². The van der Waals surface area contributed by atoms with Gasteiger partial charge in [0, 0.05) is 44.6 Å². The minimum absolute atomic E-state index is 0.0749. The van der Waals surface area contributed by atoms with Crippen LogP contribution < -0.4 is 9.64 Å². The number of anilines is 2. The molecule has 12 heteroatoms. The number of ether oxygens (including phenoxy) is 2. The molecule has 0 atom stereocenters. The summed E-state index contributed by atoms with van der Waals surface area (Å²) in [5.74, 6) is 0.796. The van der Waals surface area contributed by atoms with Crippen LogP contribution in [0.1, 0.15) is 24.8 Å². The number of nitrogens with zero attached hydrogens (tertiary/aromatic N) is 4. The fourth-order valence-corrected chi connectivity index (χ4v) is 4.80. The molecule has 1 amide bonds. The van der Waals surface area contributed by atoms with Crippen LogP contribution in [0.15, 0.2) is 29.4 Å². The number of hydrogen-bond acceptors (Lipinski definition) is 8. The van der Waals surface area contributed by atoms with E-state index in [1.807, 2.05) is 0 Å². The number of rotatable bonds is 7. The molecule has 0 bridgehead atoms. The van der Waals surface area contributed by atoms with Gasteiger partial charge in [-0.15, -0.1) is 11.6 Å². The van der Waals surface area contributed by atoms with Gasteiger partial charge in [-0.3, -0.25) is 0 Å². The van der Waals surface area contributed by atoms with E-state index in [1.54, 1.807) is 9.80 Å². The Morgan fingerprint density at radius 2 is 2.00 bits per heavy atom. The summed E-state index contributed by atoms with van der Waals surface area (Å²) in [6.45, 7) is 1.80. The van der Waals surface area contributed by atoms with Crippen LogP contribution >= 0.6 is 11.6 Å². The lowest BCUT2D eigenvalue weighted by Gasteiger charge is -2.31. The van der Waals surface area contributed by atoms with Crippen molar-refractivity contribution in [3.8, 4) is 5.88 Å². The summed E-state index contributed by atoms with van der Waals surface area (Å²) >= 11 is 5.61. The van der Waals surface area contributed by atoms with Gasteiger partial charge in [-0.2, -0.15) is 0 Å². The van der Waals surface area contributed by atoms with Crippen LogP contribution in [0.5, 0.6) is 5.88 Å². The lowest BCUT2D eigenvalue weighted by molar-refractivity contribution is 0.0661. The van der Waals surface area contributed by atoms with Crippen LogP contribution in [0.4, 0.5) is 20.7 Å². The largest absolute Gasteiger partial charge is 0.474 e. The number of sulfone groups is 1. The Bertz CT molecular complexity index is 1160. The monoisotopic (exact) mass is 512 g/mol. The van der Waals surface area contributed by atoms with E-state index in [0.29, 0.717) is 69.5 Å². The summed E-state index contributed by atoms with van der Waals surface area (Å²) in [5.41, 5.74) is 1.02. The smallest absolute Gasteiger partial charge is 0.409 e. The molecule has 1 aromatic carbocycles. The van der Waals surface area contributed by atoms with Gasteiger partial charge in [-0.25, -0.2) is 27.6 Å². The molecule has 184 valence electrons. The highest BCUT2D eigenvalue weighted by atomic mass is 35.5. The minimum atomic E-state index is -3.51. The van der Waals surface area contributed by atoms with Gasteiger partial charge in [0.1, 0.15) is 24.1 Å². The summed E-state index contributed by atoms with van der Waals surface area (Å²) in [5, 5.41) is 0. The van der Waals surface area contributed by atoms with E-state index in [4.69, 9.17) is 21.1 Å². The van der Waals surface area contributed by atoms with Gasteiger partial charge in [-0.1, -0.05) is 0 Å². The molecule has 34 heavy (non-hydrogen) atoms. The van der Waals surface area contributed by atoms with E-state index >= 15 is 0 Å². The SMILES string of the molecule is CS(=O)(=O)c1ccc(N2CCc3c(OC4CCN(C(=O)OCCCCl)CC4)ncnc32)c(F)c1. The van der Waals surface area contributed by atoms with Crippen molar-refractivity contribution in [3.63, 3.8) is 0 Å². The second-order valence-electron chi connectivity index (χ2n) is 8.23. The molecule has 2 aliphatic rings. The number of halogens is 2. The number of piperidine rings is 1. The molecule has 1 fully saturated rings. The number of aromatic nitrogens is 2. The predicted octanol–water partition coefficient (Wildman–Crippen LogP) is 3.32. The second kappa shape index (κ2) is 10.3. The number of hydrogen-bond donors (Lipinski definition) is 0. The van der Waals surface area contributed by atoms with Crippen LogP contribution in [0, 0.1) is 5.82 Å². The Labute approximate surface area is 202 Å². The molecule has 9 nitrogen and oxygen atoms in total. The summed E-state index contributed by atoms with van der Waals surface area (Å²) < 4.78 is 49.6. The van der Waals surface area contributed by atoms with Gasteiger partial charge in [0.2, 0.25) is 5.88 Å². The molecule has 0 unspecified atom stereocenters. The number of carbonyl (C=O) groups is 1. The van der Waals surface area contributed by atoms with Crippen molar-refractivity contribution in [2.24, 2.45) is 0 Å². The molecule has 4 rings (SSSR count). The average Bonchev–Trinajstić information content (AvgIpc) is 3.24. The van der Waals surface area contributed by atoms with Crippen molar-refractivity contribution in [3.05, 3.63) is 35.9 Å². The third-order valence-electron chi connectivity index (χ3n) is 5.84. The standard InChI is InChI=1S/C22H26ClFN4O5S/c1-34(30,31)16-3-4-19(18(24)13-16)28-11-7-17-20(28)25-14-26-21(17)33-15-5-9-27(10-6-15)22(29)32-12-2-8-23/h3-4,13-15H,2,5-12H2,1H3. The number of likely N-dealkylation sites (tertiary alicyclic amines) is 1. The lowest BCUT2D eigenvalue weighted by Crippen LogP contribution is -2.42. The third-order valence-corrected chi connectivity index (χ3v) is 7.22. The topological polar surface area (TPSA) is 102 Å². The zero-order chi connectivity index (χ0) is 24.3. The zero-order valence-corrected chi connectivity index (χ0v) is 20.3. The maximum atomic E-state index is 14.8. The first kappa shape index (κ1) is 24.5. The van der Waals surface area contributed by atoms with Crippen molar-refractivity contribution in [2.45, 2.75) is 36.7 Å². The highest BCUT2D eigenvalue weighted by molar-refractivity contribution is 7.90.